The van der Waals surface area contributed by atoms with Crippen LogP contribution in [-0.2, 0) is 25.7 Å². The lowest BCUT2D eigenvalue weighted by molar-refractivity contribution is 0.384. The van der Waals surface area contributed by atoms with Gasteiger partial charge in [0, 0.05) is 0 Å². The smallest absolute Gasteiger partial charge is 0.241 e. The van der Waals surface area contributed by atoms with Crippen LogP contribution in [0, 0.1) is 6.92 Å². The molecule has 2 aromatic carbocycles. The molecule has 1 N–H and O–H groups in total. The Morgan fingerprint density at radius 1 is 1.10 bits per heavy atom. The summed E-state index contributed by atoms with van der Waals surface area (Å²) < 4.78 is 50.0. The van der Waals surface area contributed by atoms with Crippen molar-refractivity contribution < 1.29 is 17.4 Å². The third-order valence-electron chi connectivity index (χ3n) is 4.21. The Hall–Kier alpha value is -1.74. The van der Waals surface area contributed by atoms with Gasteiger partial charge in [0.1, 0.15) is 16.4 Å². The van der Waals surface area contributed by atoms with Crippen molar-refractivity contribution in [3.63, 3.8) is 0 Å². The zero-order valence-electron chi connectivity index (χ0n) is 17.6. The molecule has 0 bridgehead atoms. The summed E-state index contributed by atoms with van der Waals surface area (Å²) in [6, 6.07) is 14.5. The highest BCUT2D eigenvalue weighted by atomic mass is 35.5. The van der Waals surface area contributed by atoms with Gasteiger partial charge in [0.2, 0.25) is 15.9 Å². The van der Waals surface area contributed by atoms with Crippen LogP contribution in [0.25, 0.3) is 0 Å². The zero-order chi connectivity index (χ0) is 22.5. The monoisotopic (exact) mass is 470 g/mol. The first-order valence-electron chi connectivity index (χ1n) is 9.28. The van der Waals surface area contributed by atoms with Crippen molar-refractivity contribution in [2.45, 2.75) is 48.8 Å². The Bertz CT molecular complexity index is 1000. The predicted molar refractivity (Wildman–Crippen MR) is 123 cm³/mol. The molecule has 3 atom stereocenters. The highest BCUT2D eigenvalue weighted by Crippen LogP contribution is 2.26. The summed E-state index contributed by atoms with van der Waals surface area (Å²) in [5.41, 5.74) is 1.57. The number of hydrogen-bond acceptors (Lipinski definition) is 4. The first-order chi connectivity index (χ1) is 14.0. The summed E-state index contributed by atoms with van der Waals surface area (Å²) in [6.45, 7) is 7.20. The van der Waals surface area contributed by atoms with Gasteiger partial charge in [0.15, 0.2) is 0 Å². The van der Waals surface area contributed by atoms with Crippen LogP contribution >= 0.6 is 11.6 Å². The molecule has 2 rings (SSSR count). The maximum absolute atomic E-state index is 13.0. The molecule has 0 aromatic heterocycles. The van der Waals surface area contributed by atoms with Crippen LogP contribution in [0.2, 0.25) is 0 Å². The average molecular weight is 471 g/mol. The molecule has 0 unspecified atom stereocenters. The minimum absolute atomic E-state index is 0.00890. The van der Waals surface area contributed by atoms with Gasteiger partial charge in [-0.15, -0.1) is 11.6 Å². The van der Waals surface area contributed by atoms with E-state index in [0.717, 1.165) is 5.56 Å². The van der Waals surface area contributed by atoms with E-state index in [-0.39, 0.29) is 10.8 Å². The largest absolute Gasteiger partial charge is 0.483 e. The highest BCUT2D eigenvalue weighted by Gasteiger charge is 2.33. The fourth-order valence-electron chi connectivity index (χ4n) is 2.47. The second-order valence-electron chi connectivity index (χ2n) is 7.72. The summed E-state index contributed by atoms with van der Waals surface area (Å²) in [5.74, 6) is -0.00890. The fraction of sp³-hybridized carbons (Fsp3) is 0.381. The normalized spacial score (nSPS) is 16.0. The molecule has 164 valence electrons. The lowest BCUT2D eigenvalue weighted by Gasteiger charge is -2.25. The van der Waals surface area contributed by atoms with Crippen molar-refractivity contribution >= 4 is 38.5 Å². The zero-order valence-corrected chi connectivity index (χ0v) is 20.0. The Balaban J connectivity index is 2.46. The number of aryl methyl sites for hydroxylation is 1. The van der Waals surface area contributed by atoms with Crippen LogP contribution in [-0.4, -0.2) is 35.8 Å². The van der Waals surface area contributed by atoms with Crippen LogP contribution in [0.1, 0.15) is 37.9 Å². The van der Waals surface area contributed by atoms with E-state index < -0.39 is 37.2 Å². The fourth-order valence-corrected chi connectivity index (χ4v) is 4.81. The number of ether oxygens (including phenoxy) is 1. The summed E-state index contributed by atoms with van der Waals surface area (Å²) in [4.78, 5) is 0.118. The number of methoxy groups -OCH3 is 1. The Labute approximate surface area is 186 Å². The van der Waals surface area contributed by atoms with E-state index in [2.05, 4.69) is 9.12 Å². The molecule has 0 aliphatic rings. The highest BCUT2D eigenvalue weighted by molar-refractivity contribution is 7.89. The van der Waals surface area contributed by atoms with Crippen molar-refractivity contribution in [2.24, 2.45) is 4.40 Å². The van der Waals surface area contributed by atoms with Crippen LogP contribution in [0.4, 0.5) is 0 Å². The first kappa shape index (κ1) is 24.5. The van der Waals surface area contributed by atoms with Gasteiger partial charge in [-0.1, -0.05) is 48.0 Å². The van der Waals surface area contributed by atoms with Crippen LogP contribution in [0.5, 0.6) is 0 Å². The minimum Gasteiger partial charge on any atom is -0.483 e. The molecule has 0 saturated heterocycles. The van der Waals surface area contributed by atoms with Gasteiger partial charge >= 0.3 is 0 Å². The predicted octanol–water partition coefficient (Wildman–Crippen LogP) is 4.13. The maximum atomic E-state index is 13.0. The number of hydrogen-bond donors (Lipinski definition) is 1. The number of halogens is 1. The van der Waals surface area contributed by atoms with Crippen molar-refractivity contribution in [3.05, 3.63) is 65.7 Å². The molecule has 30 heavy (non-hydrogen) atoms. The lowest BCUT2D eigenvalue weighted by atomic mass is 10.0. The number of alkyl halides is 1. The molecule has 0 saturated carbocycles. The summed E-state index contributed by atoms with van der Waals surface area (Å²) in [5, 5.41) is -1.02. The van der Waals surface area contributed by atoms with Gasteiger partial charge in [0.25, 0.3) is 0 Å². The summed E-state index contributed by atoms with van der Waals surface area (Å²) in [6.07, 6.45) is 0. The SMILES string of the molecule is CO/C(=N\[S@](=O)C(C)(C)C)[C@H](Cl)[C@H](NS(=O)(=O)c1ccc(C)cc1)c1ccccc1. The summed E-state index contributed by atoms with van der Waals surface area (Å²) in [7, 11) is -4.14. The topological polar surface area (TPSA) is 84.8 Å². The Morgan fingerprint density at radius 2 is 1.67 bits per heavy atom. The minimum atomic E-state index is -3.89. The van der Waals surface area contributed by atoms with E-state index in [0.29, 0.717) is 5.56 Å². The number of nitrogens with zero attached hydrogens (tertiary/aromatic N) is 1. The quantitative estimate of drug-likeness (QED) is 0.374. The van der Waals surface area contributed by atoms with Gasteiger partial charge in [-0.3, -0.25) is 0 Å². The molecule has 0 fully saturated rings. The molecule has 2 aromatic rings. The molecule has 0 heterocycles. The average Bonchev–Trinajstić information content (AvgIpc) is 2.70. The molecular formula is C21H27ClN2O4S2. The van der Waals surface area contributed by atoms with E-state index >= 15 is 0 Å². The Morgan fingerprint density at radius 3 is 2.17 bits per heavy atom. The van der Waals surface area contributed by atoms with E-state index in [1.807, 2.05) is 13.0 Å². The van der Waals surface area contributed by atoms with Crippen LogP contribution in [0.15, 0.2) is 63.9 Å². The molecule has 9 heteroatoms. The molecule has 0 aliphatic heterocycles. The lowest BCUT2D eigenvalue weighted by Crippen LogP contribution is -2.38. The van der Waals surface area contributed by atoms with Crippen molar-refractivity contribution in [1.82, 2.24) is 4.72 Å². The van der Waals surface area contributed by atoms with Gasteiger partial charge in [0.05, 0.1) is 22.8 Å². The number of benzene rings is 2. The molecule has 0 aliphatic carbocycles. The molecular weight excluding hydrogens is 444 g/mol. The van der Waals surface area contributed by atoms with Crippen molar-refractivity contribution in [3.8, 4) is 0 Å². The standard InChI is InChI=1S/C21H27ClN2O4S2/c1-15-11-13-17(14-12-15)30(26,27)24-19(16-9-7-6-8-10-16)18(22)20(28-5)23-29(25)21(2,3)4/h6-14,18-19,24H,1-5H3/b23-20-/t18-,19-,29-/m1/s1. The van der Waals surface area contributed by atoms with E-state index in [1.54, 1.807) is 57.2 Å². The van der Waals surface area contributed by atoms with Crippen molar-refractivity contribution in [2.75, 3.05) is 7.11 Å². The second-order valence-corrected chi connectivity index (χ2v) is 11.8. The molecule has 0 radical (unpaired) electrons. The molecule has 6 nitrogen and oxygen atoms in total. The van der Waals surface area contributed by atoms with Crippen LogP contribution in [0.3, 0.4) is 0 Å². The maximum Gasteiger partial charge on any atom is 0.241 e. The van der Waals surface area contributed by atoms with E-state index in [1.165, 1.54) is 19.2 Å². The van der Waals surface area contributed by atoms with Crippen LogP contribution < -0.4 is 4.72 Å². The number of rotatable bonds is 7. The Kier molecular flexibility index (Phi) is 8.21. The number of nitrogens with one attached hydrogen (secondary N) is 1. The van der Waals surface area contributed by atoms with Gasteiger partial charge in [-0.05, 0) is 45.4 Å². The third kappa shape index (κ3) is 6.38. The summed E-state index contributed by atoms with van der Waals surface area (Å²) >= 11 is 6.64. The van der Waals surface area contributed by atoms with E-state index in [4.69, 9.17) is 16.3 Å². The van der Waals surface area contributed by atoms with Gasteiger partial charge in [-0.25, -0.2) is 17.3 Å². The van der Waals surface area contributed by atoms with Crippen molar-refractivity contribution in [1.29, 1.82) is 0 Å². The van der Waals surface area contributed by atoms with Gasteiger partial charge in [-0.2, -0.15) is 4.40 Å². The second kappa shape index (κ2) is 10.0. The molecule has 0 spiro atoms. The van der Waals surface area contributed by atoms with E-state index in [9.17, 15) is 12.6 Å². The molecule has 0 amide bonds. The third-order valence-corrected chi connectivity index (χ3v) is 7.50. The van der Waals surface area contributed by atoms with Gasteiger partial charge < -0.3 is 4.74 Å². The number of sulfonamides is 1. The first-order valence-corrected chi connectivity index (χ1v) is 12.3.